The van der Waals surface area contributed by atoms with Crippen LogP contribution in [0.5, 0.6) is 0 Å². The number of imide groups is 1. The number of carbonyl (C=O) groups excluding carboxylic acids is 4. The van der Waals surface area contributed by atoms with E-state index >= 15 is 0 Å². The third-order valence-electron chi connectivity index (χ3n) is 7.03. The Morgan fingerprint density at radius 1 is 1.03 bits per heavy atom. The van der Waals surface area contributed by atoms with E-state index in [1.807, 2.05) is 30.3 Å². The van der Waals surface area contributed by atoms with Crippen LogP contribution in [-0.2, 0) is 20.9 Å². The maximum Gasteiger partial charge on any atom is 0.255 e. The fraction of sp³-hybridized carbons (Fsp3) is 0.333. The summed E-state index contributed by atoms with van der Waals surface area (Å²) in [6, 6.07) is 15.6. The van der Waals surface area contributed by atoms with Gasteiger partial charge in [-0.1, -0.05) is 46.3 Å². The number of hydrogen-bond acceptors (Lipinski definition) is 4. The predicted octanol–water partition coefficient (Wildman–Crippen LogP) is 2.31. The summed E-state index contributed by atoms with van der Waals surface area (Å²) in [4.78, 5) is 58.3. The summed E-state index contributed by atoms with van der Waals surface area (Å²) in [5, 5.41) is 0. The number of piperazine rings is 1. The Kier molecular flexibility index (Phi) is 4.74. The van der Waals surface area contributed by atoms with Crippen molar-refractivity contribution < 1.29 is 19.2 Å². The van der Waals surface area contributed by atoms with Crippen LogP contribution in [0.25, 0.3) is 0 Å². The maximum atomic E-state index is 13.5. The summed E-state index contributed by atoms with van der Waals surface area (Å²) in [6.45, 7) is 2.02. The van der Waals surface area contributed by atoms with Crippen LogP contribution in [0.4, 0.5) is 0 Å². The summed E-state index contributed by atoms with van der Waals surface area (Å²) in [6.07, 6.45) is 0. The van der Waals surface area contributed by atoms with E-state index in [1.54, 1.807) is 38.2 Å². The maximum absolute atomic E-state index is 13.5. The molecule has 3 aliphatic heterocycles. The molecule has 3 fully saturated rings. The van der Waals surface area contributed by atoms with Crippen molar-refractivity contribution in [1.82, 2.24) is 14.7 Å². The van der Waals surface area contributed by atoms with E-state index in [4.69, 9.17) is 0 Å². The zero-order valence-electron chi connectivity index (χ0n) is 17.7. The minimum absolute atomic E-state index is 0.166. The molecule has 0 aromatic heterocycles. The molecule has 2 aromatic carbocycles. The van der Waals surface area contributed by atoms with E-state index in [9.17, 15) is 19.2 Å². The fourth-order valence-corrected chi connectivity index (χ4v) is 5.84. The van der Waals surface area contributed by atoms with Gasteiger partial charge in [0.25, 0.3) is 5.91 Å². The lowest BCUT2D eigenvalue weighted by Crippen LogP contribution is -2.67. The highest BCUT2D eigenvalue weighted by atomic mass is 79.9. The van der Waals surface area contributed by atoms with E-state index < -0.39 is 23.4 Å². The van der Waals surface area contributed by atoms with Gasteiger partial charge in [-0.05, 0) is 36.8 Å². The molecule has 3 heterocycles. The van der Waals surface area contributed by atoms with Gasteiger partial charge in [0, 0.05) is 23.6 Å². The van der Waals surface area contributed by atoms with Gasteiger partial charge in [-0.2, -0.15) is 0 Å². The Morgan fingerprint density at radius 2 is 1.69 bits per heavy atom. The zero-order chi connectivity index (χ0) is 22.8. The molecule has 8 heteroatoms. The van der Waals surface area contributed by atoms with Crippen LogP contribution in [0.2, 0.25) is 0 Å². The van der Waals surface area contributed by atoms with Crippen molar-refractivity contribution in [3.63, 3.8) is 0 Å². The number of rotatable bonds is 3. The van der Waals surface area contributed by atoms with Gasteiger partial charge in [-0.3, -0.25) is 24.1 Å². The molecule has 0 saturated carbocycles. The van der Waals surface area contributed by atoms with Crippen LogP contribution in [0.1, 0.15) is 22.8 Å². The number of amides is 4. The Morgan fingerprint density at radius 3 is 2.34 bits per heavy atom. The van der Waals surface area contributed by atoms with Crippen molar-refractivity contribution in [2.75, 3.05) is 13.6 Å². The number of hydrogen-bond donors (Lipinski definition) is 0. The van der Waals surface area contributed by atoms with Gasteiger partial charge in [0.05, 0.1) is 24.4 Å². The van der Waals surface area contributed by atoms with Crippen molar-refractivity contribution in [3.05, 3.63) is 70.2 Å². The van der Waals surface area contributed by atoms with Crippen LogP contribution >= 0.6 is 15.9 Å². The third-order valence-corrected chi connectivity index (χ3v) is 7.56. The molecule has 3 aliphatic rings. The molecule has 3 saturated heterocycles. The Labute approximate surface area is 194 Å². The summed E-state index contributed by atoms with van der Waals surface area (Å²) in [7, 11) is 1.66. The number of halogens is 1. The monoisotopic (exact) mass is 495 g/mol. The standard InChI is InChI=1S/C24H22BrN3O4/c1-24-19-18(21(30)27(22(19)31)12-14-6-4-3-5-7-14)17(13-26(2)23(24)32)28(24)20(29)15-8-10-16(25)11-9-15/h3-11,17-19H,12-13H2,1-2H3/t17-,18+,19-,24-/m1/s1. The van der Waals surface area contributed by atoms with E-state index in [0.29, 0.717) is 5.56 Å². The number of likely N-dealkylation sites (tertiary alicyclic amines) is 2. The molecule has 7 nitrogen and oxygen atoms in total. The Hall–Kier alpha value is -3.00. The molecule has 0 aliphatic carbocycles. The van der Waals surface area contributed by atoms with Gasteiger partial charge in [0.2, 0.25) is 17.7 Å². The van der Waals surface area contributed by atoms with Crippen molar-refractivity contribution >= 4 is 39.6 Å². The van der Waals surface area contributed by atoms with Gasteiger partial charge < -0.3 is 9.80 Å². The first-order valence-electron chi connectivity index (χ1n) is 10.5. The highest BCUT2D eigenvalue weighted by Crippen LogP contribution is 2.52. The molecule has 2 aromatic rings. The molecule has 4 atom stereocenters. The lowest BCUT2D eigenvalue weighted by Gasteiger charge is -2.47. The summed E-state index contributed by atoms with van der Waals surface area (Å²) in [5.74, 6) is -2.96. The largest absolute Gasteiger partial charge is 0.342 e. The summed E-state index contributed by atoms with van der Waals surface area (Å²) in [5.41, 5.74) is -0.150. The highest BCUT2D eigenvalue weighted by molar-refractivity contribution is 9.10. The van der Waals surface area contributed by atoms with Crippen LogP contribution in [0.3, 0.4) is 0 Å². The van der Waals surface area contributed by atoms with Gasteiger partial charge in [0.15, 0.2) is 0 Å². The van der Waals surface area contributed by atoms with Gasteiger partial charge in [-0.25, -0.2) is 0 Å². The van der Waals surface area contributed by atoms with E-state index in [-0.39, 0.29) is 36.7 Å². The van der Waals surface area contributed by atoms with Crippen LogP contribution < -0.4 is 0 Å². The van der Waals surface area contributed by atoms with E-state index in [1.165, 1.54) is 14.7 Å². The van der Waals surface area contributed by atoms with Crippen molar-refractivity contribution in [2.24, 2.45) is 11.8 Å². The molecule has 0 N–H and O–H groups in total. The van der Waals surface area contributed by atoms with Crippen LogP contribution in [0.15, 0.2) is 59.1 Å². The van der Waals surface area contributed by atoms with Gasteiger partial charge in [0.1, 0.15) is 5.54 Å². The van der Waals surface area contributed by atoms with Gasteiger partial charge >= 0.3 is 0 Å². The molecule has 4 amide bonds. The highest BCUT2D eigenvalue weighted by Gasteiger charge is 2.73. The second kappa shape index (κ2) is 7.27. The minimum atomic E-state index is -1.41. The van der Waals surface area contributed by atoms with Gasteiger partial charge in [-0.15, -0.1) is 0 Å². The minimum Gasteiger partial charge on any atom is -0.342 e. The predicted molar refractivity (Wildman–Crippen MR) is 119 cm³/mol. The molecular formula is C24H22BrN3O4. The Balaban J connectivity index is 1.55. The average Bonchev–Trinajstić information content (AvgIpc) is 3.16. The number of nitrogens with zero attached hydrogens (tertiary/aromatic N) is 3. The summed E-state index contributed by atoms with van der Waals surface area (Å²) < 4.78 is 0.830. The number of carbonyl (C=O) groups is 4. The first-order chi connectivity index (χ1) is 15.2. The Bertz CT molecular complexity index is 1140. The third kappa shape index (κ3) is 2.78. The first-order valence-corrected chi connectivity index (χ1v) is 11.3. The topological polar surface area (TPSA) is 78.0 Å². The molecule has 164 valence electrons. The molecule has 0 unspecified atom stereocenters. The zero-order valence-corrected chi connectivity index (χ0v) is 19.3. The number of benzene rings is 2. The van der Waals surface area contributed by atoms with Crippen molar-refractivity contribution in [1.29, 1.82) is 0 Å². The SMILES string of the molecule is CN1C[C@@H]2[C@@H]3C(=O)N(Cc4ccccc4)C(=O)[C@@H]3[C@](C)(C1=O)N2C(=O)c1ccc(Br)cc1. The molecular weight excluding hydrogens is 474 g/mol. The summed E-state index contributed by atoms with van der Waals surface area (Å²) >= 11 is 3.36. The smallest absolute Gasteiger partial charge is 0.255 e. The van der Waals surface area contributed by atoms with Crippen LogP contribution in [0, 0.1) is 11.8 Å². The van der Waals surface area contributed by atoms with Crippen LogP contribution in [-0.4, -0.2) is 63.5 Å². The lowest BCUT2D eigenvalue weighted by molar-refractivity contribution is -0.154. The first kappa shape index (κ1) is 20.9. The second-order valence-corrected chi connectivity index (χ2v) is 9.75. The molecule has 0 spiro atoms. The average molecular weight is 496 g/mol. The number of likely N-dealkylation sites (N-methyl/N-ethyl adjacent to an activating group) is 1. The molecule has 0 radical (unpaired) electrons. The second-order valence-electron chi connectivity index (χ2n) is 8.83. The quantitative estimate of drug-likeness (QED) is 0.612. The van der Waals surface area contributed by atoms with Crippen molar-refractivity contribution in [3.8, 4) is 0 Å². The fourth-order valence-electron chi connectivity index (χ4n) is 5.58. The number of fused-ring (bicyclic) bond motifs is 5. The molecule has 2 bridgehead atoms. The normalized spacial score (nSPS) is 29.0. The molecule has 5 rings (SSSR count). The van der Waals surface area contributed by atoms with Crippen molar-refractivity contribution in [2.45, 2.75) is 25.0 Å². The lowest BCUT2D eigenvalue weighted by atomic mass is 9.81. The van der Waals surface area contributed by atoms with E-state index in [2.05, 4.69) is 15.9 Å². The molecule has 32 heavy (non-hydrogen) atoms. The van der Waals surface area contributed by atoms with E-state index in [0.717, 1.165) is 10.0 Å².